The van der Waals surface area contributed by atoms with E-state index in [9.17, 15) is 14.4 Å². The maximum Gasteiger partial charge on any atom is 0.338 e. The third-order valence-electron chi connectivity index (χ3n) is 3.64. The number of rotatable bonds is 7. The summed E-state index contributed by atoms with van der Waals surface area (Å²) in [5.74, 6) is -0.816. The lowest BCUT2D eigenvalue weighted by atomic mass is 10.1. The molecule has 0 saturated heterocycles. The van der Waals surface area contributed by atoms with E-state index in [4.69, 9.17) is 4.74 Å². The summed E-state index contributed by atoms with van der Waals surface area (Å²) in [7, 11) is 0. The van der Waals surface area contributed by atoms with Gasteiger partial charge in [-0.3, -0.25) is 4.79 Å². The van der Waals surface area contributed by atoms with Crippen LogP contribution in [0.1, 0.15) is 49.5 Å². The van der Waals surface area contributed by atoms with Crippen molar-refractivity contribution in [2.75, 3.05) is 0 Å². The van der Waals surface area contributed by atoms with Crippen molar-refractivity contribution in [1.29, 1.82) is 0 Å². The van der Waals surface area contributed by atoms with Crippen molar-refractivity contribution in [2.45, 2.75) is 58.3 Å². The highest BCUT2D eigenvalue weighted by Crippen LogP contribution is 2.19. The van der Waals surface area contributed by atoms with E-state index < -0.39 is 12.1 Å². The molecule has 0 bridgehead atoms. The zero-order valence-electron chi connectivity index (χ0n) is 14.8. The Kier molecular flexibility index (Phi) is 6.38. The maximum atomic E-state index is 12.1. The van der Waals surface area contributed by atoms with Crippen LogP contribution in [0.3, 0.4) is 0 Å². The van der Waals surface area contributed by atoms with Crippen LogP contribution in [0.2, 0.25) is 0 Å². The molecule has 1 saturated carbocycles. The number of benzene rings is 1. The molecule has 3 amide bonds. The quantitative estimate of drug-likeness (QED) is 0.654. The average Bonchev–Trinajstić information content (AvgIpc) is 3.36. The topological polar surface area (TPSA) is 96.5 Å². The number of hydrogen-bond donors (Lipinski definition) is 3. The van der Waals surface area contributed by atoms with E-state index in [1.807, 2.05) is 13.8 Å². The fraction of sp³-hybridized carbons (Fsp3) is 0.500. The number of esters is 1. The normalized spacial score (nSPS) is 14.6. The molecule has 0 spiro atoms. The van der Waals surface area contributed by atoms with Gasteiger partial charge in [-0.25, -0.2) is 9.59 Å². The minimum Gasteiger partial charge on any atom is -0.449 e. The number of carbonyl (C=O) groups is 3. The third-order valence-corrected chi connectivity index (χ3v) is 3.64. The Labute approximate surface area is 147 Å². The highest BCUT2D eigenvalue weighted by Gasteiger charge is 2.27. The Hall–Kier alpha value is -2.57. The lowest BCUT2D eigenvalue weighted by Crippen LogP contribution is -2.39. The molecule has 0 aliphatic heterocycles. The fourth-order valence-electron chi connectivity index (χ4n) is 2.08. The predicted octanol–water partition coefficient (Wildman–Crippen LogP) is 1.72. The first-order valence-corrected chi connectivity index (χ1v) is 8.50. The van der Waals surface area contributed by atoms with Crippen molar-refractivity contribution >= 4 is 17.9 Å². The highest BCUT2D eigenvalue weighted by molar-refractivity contribution is 5.92. The van der Waals surface area contributed by atoms with Crippen molar-refractivity contribution < 1.29 is 19.1 Å². The first-order valence-electron chi connectivity index (χ1n) is 8.50. The predicted molar refractivity (Wildman–Crippen MR) is 93.0 cm³/mol. The second-order valence-electron chi connectivity index (χ2n) is 6.51. The summed E-state index contributed by atoms with van der Waals surface area (Å²) in [6, 6.07) is 6.76. The summed E-state index contributed by atoms with van der Waals surface area (Å²) < 4.78 is 5.18. The molecule has 1 fully saturated rings. The average molecular weight is 347 g/mol. The molecule has 1 atom stereocenters. The first kappa shape index (κ1) is 18.8. The lowest BCUT2D eigenvalue weighted by Gasteiger charge is -2.13. The molecule has 3 N–H and O–H groups in total. The van der Waals surface area contributed by atoms with Crippen LogP contribution in [-0.2, 0) is 16.1 Å². The summed E-state index contributed by atoms with van der Waals surface area (Å²) in [6.45, 7) is 5.67. The smallest absolute Gasteiger partial charge is 0.338 e. The molecule has 0 heterocycles. The van der Waals surface area contributed by atoms with E-state index in [2.05, 4.69) is 16.0 Å². The van der Waals surface area contributed by atoms with Crippen molar-refractivity contribution in [3.05, 3.63) is 35.4 Å². The van der Waals surface area contributed by atoms with Crippen molar-refractivity contribution in [3.63, 3.8) is 0 Å². The van der Waals surface area contributed by atoms with Crippen LogP contribution in [0.15, 0.2) is 24.3 Å². The van der Waals surface area contributed by atoms with Gasteiger partial charge in [0.05, 0.1) is 5.56 Å². The van der Waals surface area contributed by atoms with Crippen molar-refractivity contribution in [2.24, 2.45) is 0 Å². The van der Waals surface area contributed by atoms with E-state index in [0.717, 1.165) is 18.4 Å². The molecular weight excluding hydrogens is 322 g/mol. The van der Waals surface area contributed by atoms with Gasteiger partial charge in [0.1, 0.15) is 0 Å². The number of hydrogen-bond acceptors (Lipinski definition) is 4. The Morgan fingerprint density at radius 2 is 1.76 bits per heavy atom. The summed E-state index contributed by atoms with van der Waals surface area (Å²) >= 11 is 0. The van der Waals surface area contributed by atoms with Gasteiger partial charge >= 0.3 is 12.0 Å². The van der Waals surface area contributed by atoms with Gasteiger partial charge in [0.15, 0.2) is 6.10 Å². The largest absolute Gasteiger partial charge is 0.449 e. The van der Waals surface area contributed by atoms with E-state index in [1.54, 1.807) is 31.2 Å². The first-order chi connectivity index (χ1) is 11.8. The van der Waals surface area contributed by atoms with Crippen LogP contribution < -0.4 is 16.0 Å². The standard InChI is InChI=1S/C18H25N3O4/c1-11(2)20-18(24)19-10-13-4-6-14(7-5-13)17(23)25-12(3)16(22)21-15-8-9-15/h4-7,11-12,15H,8-10H2,1-3H3,(H,21,22)(H2,19,20,24)/t12-/m0/s1. The van der Waals surface area contributed by atoms with Gasteiger partial charge in [-0.2, -0.15) is 0 Å². The van der Waals surface area contributed by atoms with E-state index >= 15 is 0 Å². The third kappa shape index (κ3) is 6.45. The van der Waals surface area contributed by atoms with Gasteiger partial charge in [0.2, 0.25) is 0 Å². The number of ether oxygens (including phenoxy) is 1. The summed E-state index contributed by atoms with van der Waals surface area (Å²) in [4.78, 5) is 35.4. The van der Waals surface area contributed by atoms with E-state index in [1.165, 1.54) is 0 Å². The van der Waals surface area contributed by atoms with Gasteiger partial charge in [0.25, 0.3) is 5.91 Å². The molecule has 0 unspecified atom stereocenters. The zero-order valence-corrected chi connectivity index (χ0v) is 14.8. The molecule has 0 radical (unpaired) electrons. The Balaban J connectivity index is 1.80. The fourth-order valence-corrected chi connectivity index (χ4v) is 2.08. The molecular formula is C18H25N3O4. The molecule has 136 valence electrons. The van der Waals surface area contributed by atoms with E-state index in [0.29, 0.717) is 12.1 Å². The molecule has 25 heavy (non-hydrogen) atoms. The lowest BCUT2D eigenvalue weighted by molar-refractivity contribution is -0.129. The second-order valence-corrected chi connectivity index (χ2v) is 6.51. The Morgan fingerprint density at radius 1 is 1.12 bits per heavy atom. The van der Waals surface area contributed by atoms with E-state index in [-0.39, 0.29) is 24.0 Å². The minimum atomic E-state index is -0.825. The zero-order chi connectivity index (χ0) is 18.4. The van der Waals surface area contributed by atoms with Crippen LogP contribution in [0, 0.1) is 0 Å². The molecule has 1 aromatic carbocycles. The summed E-state index contributed by atoms with van der Waals surface area (Å²) in [5.41, 5.74) is 1.22. The molecule has 1 aliphatic carbocycles. The summed E-state index contributed by atoms with van der Waals surface area (Å²) in [6.07, 6.45) is 1.14. The highest BCUT2D eigenvalue weighted by atomic mass is 16.5. The van der Waals surface area contributed by atoms with Crippen LogP contribution in [0.5, 0.6) is 0 Å². The van der Waals surface area contributed by atoms with Gasteiger partial charge < -0.3 is 20.7 Å². The number of nitrogens with one attached hydrogen (secondary N) is 3. The number of amides is 3. The Morgan fingerprint density at radius 3 is 2.32 bits per heavy atom. The number of carbonyl (C=O) groups excluding carboxylic acids is 3. The number of urea groups is 1. The van der Waals surface area contributed by atoms with Gasteiger partial charge in [-0.1, -0.05) is 12.1 Å². The Bertz CT molecular complexity index is 624. The summed E-state index contributed by atoms with van der Waals surface area (Å²) in [5, 5.41) is 8.26. The molecule has 2 rings (SSSR count). The molecule has 7 heteroatoms. The van der Waals surface area contributed by atoms with Gasteiger partial charge in [-0.05, 0) is 51.3 Å². The van der Waals surface area contributed by atoms with Gasteiger partial charge in [-0.15, -0.1) is 0 Å². The monoisotopic (exact) mass is 347 g/mol. The molecule has 0 aromatic heterocycles. The van der Waals surface area contributed by atoms with Crippen molar-refractivity contribution in [3.8, 4) is 0 Å². The van der Waals surface area contributed by atoms with Crippen LogP contribution >= 0.6 is 0 Å². The minimum absolute atomic E-state index is 0.0660. The SMILES string of the molecule is CC(C)NC(=O)NCc1ccc(C(=O)O[C@@H](C)C(=O)NC2CC2)cc1. The van der Waals surface area contributed by atoms with Crippen LogP contribution in [0.4, 0.5) is 4.79 Å². The second kappa shape index (κ2) is 8.50. The van der Waals surface area contributed by atoms with Crippen LogP contribution in [0.25, 0.3) is 0 Å². The maximum absolute atomic E-state index is 12.1. The molecule has 7 nitrogen and oxygen atoms in total. The van der Waals surface area contributed by atoms with Crippen LogP contribution in [-0.4, -0.2) is 36.1 Å². The molecule has 1 aliphatic rings. The molecule has 1 aromatic rings. The van der Waals surface area contributed by atoms with Crippen molar-refractivity contribution in [1.82, 2.24) is 16.0 Å². The van der Waals surface area contributed by atoms with Gasteiger partial charge in [0, 0.05) is 18.6 Å².